The molecule has 0 saturated heterocycles. The van der Waals surface area contributed by atoms with E-state index in [2.05, 4.69) is 10.4 Å². The number of carbonyl (C=O) groups excluding carboxylic acids is 1. The van der Waals surface area contributed by atoms with Crippen LogP contribution in [0.1, 0.15) is 5.56 Å². The standard InChI is InChI=1S/C18H15Cl2N3O2S3/c1-25-15-5-3-2-4-11(15)9-21-16(24)10-27-17-22-23(18(26)28-17)12-6-7-13(19)14(20)8-12/h2-8H,9-10H2,1H3,(H,21,24). The summed E-state index contributed by atoms with van der Waals surface area (Å²) in [6, 6.07) is 12.7. The minimum Gasteiger partial charge on any atom is -0.496 e. The Bertz CT molecular complexity index is 1050. The number of halogens is 2. The molecule has 0 unspecified atom stereocenters. The Morgan fingerprint density at radius 2 is 2.07 bits per heavy atom. The number of ether oxygens (including phenoxy) is 1. The molecule has 146 valence electrons. The molecular weight excluding hydrogens is 457 g/mol. The molecule has 0 aliphatic heterocycles. The molecular formula is C18H15Cl2N3O2S3. The number of nitrogens with zero attached hydrogens (tertiary/aromatic N) is 2. The van der Waals surface area contributed by atoms with Crippen LogP contribution in [0.2, 0.25) is 10.0 Å². The summed E-state index contributed by atoms with van der Waals surface area (Å²) in [7, 11) is 1.61. The summed E-state index contributed by atoms with van der Waals surface area (Å²) in [5.74, 6) is 0.880. The Morgan fingerprint density at radius 3 is 2.82 bits per heavy atom. The van der Waals surface area contributed by atoms with Gasteiger partial charge in [0.25, 0.3) is 0 Å². The van der Waals surface area contributed by atoms with Crippen LogP contribution in [0.4, 0.5) is 0 Å². The predicted octanol–water partition coefficient (Wildman–Crippen LogP) is 5.39. The number of hydrogen-bond donors (Lipinski definition) is 1. The molecule has 1 N–H and O–H groups in total. The first-order valence-electron chi connectivity index (χ1n) is 8.05. The van der Waals surface area contributed by atoms with Gasteiger partial charge in [0.05, 0.1) is 28.6 Å². The van der Waals surface area contributed by atoms with Crippen molar-refractivity contribution >= 4 is 64.4 Å². The van der Waals surface area contributed by atoms with Gasteiger partial charge >= 0.3 is 0 Å². The zero-order valence-electron chi connectivity index (χ0n) is 14.6. The first kappa shape index (κ1) is 21.1. The minimum atomic E-state index is -0.0990. The number of rotatable bonds is 7. The number of para-hydroxylation sites is 1. The quantitative estimate of drug-likeness (QED) is 0.369. The summed E-state index contributed by atoms with van der Waals surface area (Å²) in [4.78, 5) is 12.2. The first-order valence-corrected chi connectivity index (χ1v) is 11.0. The van der Waals surface area contributed by atoms with E-state index in [4.69, 9.17) is 40.2 Å². The van der Waals surface area contributed by atoms with Gasteiger partial charge in [0.1, 0.15) is 5.75 Å². The van der Waals surface area contributed by atoms with E-state index in [1.165, 1.54) is 23.1 Å². The van der Waals surface area contributed by atoms with Gasteiger partial charge in [-0.15, -0.1) is 5.10 Å². The second-order valence-electron chi connectivity index (χ2n) is 5.52. The normalized spacial score (nSPS) is 10.7. The summed E-state index contributed by atoms with van der Waals surface area (Å²) in [6.07, 6.45) is 0. The second-order valence-corrected chi connectivity index (χ2v) is 9.18. The van der Waals surface area contributed by atoms with E-state index < -0.39 is 0 Å². The number of hydrogen-bond acceptors (Lipinski definition) is 6. The number of benzene rings is 2. The van der Waals surface area contributed by atoms with Gasteiger partial charge in [0.15, 0.2) is 8.29 Å². The lowest BCUT2D eigenvalue weighted by Crippen LogP contribution is -2.24. The van der Waals surface area contributed by atoms with Crippen LogP contribution < -0.4 is 10.1 Å². The van der Waals surface area contributed by atoms with Crippen molar-refractivity contribution in [2.45, 2.75) is 10.9 Å². The van der Waals surface area contributed by atoms with Gasteiger partial charge in [0, 0.05) is 12.1 Å². The van der Waals surface area contributed by atoms with Crippen molar-refractivity contribution in [2.75, 3.05) is 12.9 Å². The Labute approximate surface area is 185 Å². The van der Waals surface area contributed by atoms with Crippen LogP contribution in [0.15, 0.2) is 46.8 Å². The van der Waals surface area contributed by atoms with Gasteiger partial charge in [-0.1, -0.05) is 64.5 Å². The zero-order valence-corrected chi connectivity index (χ0v) is 18.6. The summed E-state index contributed by atoms with van der Waals surface area (Å²) in [6.45, 7) is 0.400. The van der Waals surface area contributed by atoms with Gasteiger partial charge in [-0.2, -0.15) is 0 Å². The largest absolute Gasteiger partial charge is 0.496 e. The lowest BCUT2D eigenvalue weighted by Gasteiger charge is -2.09. The fraction of sp³-hybridized carbons (Fsp3) is 0.167. The average molecular weight is 472 g/mol. The van der Waals surface area contributed by atoms with Crippen LogP contribution in [0.3, 0.4) is 0 Å². The van der Waals surface area contributed by atoms with E-state index >= 15 is 0 Å². The number of thioether (sulfide) groups is 1. The third-order valence-electron chi connectivity index (χ3n) is 3.67. The van der Waals surface area contributed by atoms with Gasteiger partial charge < -0.3 is 10.1 Å². The van der Waals surface area contributed by atoms with Gasteiger partial charge in [0.2, 0.25) is 5.91 Å². The monoisotopic (exact) mass is 471 g/mol. The molecule has 10 heteroatoms. The molecule has 0 atom stereocenters. The molecule has 0 radical (unpaired) electrons. The molecule has 0 fully saturated rings. The van der Waals surface area contributed by atoms with Gasteiger partial charge in [-0.25, -0.2) is 4.68 Å². The van der Waals surface area contributed by atoms with Gasteiger partial charge in [-0.05, 0) is 36.5 Å². The number of amides is 1. The molecule has 1 aromatic heterocycles. The van der Waals surface area contributed by atoms with Crippen molar-refractivity contribution in [3.05, 3.63) is 62.0 Å². The molecule has 0 bridgehead atoms. The maximum Gasteiger partial charge on any atom is 0.230 e. The highest BCUT2D eigenvalue weighted by Gasteiger charge is 2.11. The number of aromatic nitrogens is 2. The third-order valence-corrected chi connectivity index (χ3v) is 6.78. The second kappa shape index (κ2) is 9.76. The summed E-state index contributed by atoms with van der Waals surface area (Å²) in [5, 5.41) is 8.24. The smallest absolute Gasteiger partial charge is 0.230 e. The lowest BCUT2D eigenvalue weighted by atomic mass is 10.2. The molecule has 5 nitrogen and oxygen atoms in total. The molecule has 1 amide bonds. The van der Waals surface area contributed by atoms with Crippen molar-refractivity contribution in [3.8, 4) is 11.4 Å². The molecule has 0 aliphatic rings. The predicted molar refractivity (Wildman–Crippen MR) is 118 cm³/mol. The maximum absolute atomic E-state index is 12.2. The summed E-state index contributed by atoms with van der Waals surface area (Å²) >= 11 is 20.0. The Morgan fingerprint density at radius 1 is 1.29 bits per heavy atom. The van der Waals surface area contributed by atoms with Crippen molar-refractivity contribution in [1.29, 1.82) is 0 Å². The maximum atomic E-state index is 12.2. The number of nitrogens with one attached hydrogen (secondary N) is 1. The third kappa shape index (κ3) is 5.27. The highest BCUT2D eigenvalue weighted by molar-refractivity contribution is 8.01. The van der Waals surface area contributed by atoms with Crippen LogP contribution in [-0.2, 0) is 11.3 Å². The van der Waals surface area contributed by atoms with E-state index in [0.29, 0.717) is 24.9 Å². The lowest BCUT2D eigenvalue weighted by molar-refractivity contribution is -0.118. The van der Waals surface area contributed by atoms with Crippen LogP contribution >= 0.6 is 58.5 Å². The summed E-state index contributed by atoms with van der Waals surface area (Å²) < 4.78 is 8.16. The van der Waals surface area contributed by atoms with Crippen LogP contribution in [0, 0.1) is 3.95 Å². The molecule has 3 rings (SSSR count). The van der Waals surface area contributed by atoms with E-state index in [0.717, 1.165) is 17.0 Å². The molecule has 1 heterocycles. The average Bonchev–Trinajstić information content (AvgIpc) is 3.07. The van der Waals surface area contributed by atoms with Crippen LogP contribution in [-0.4, -0.2) is 28.6 Å². The van der Waals surface area contributed by atoms with Crippen molar-refractivity contribution < 1.29 is 9.53 Å². The van der Waals surface area contributed by atoms with E-state index in [-0.39, 0.29) is 11.7 Å². The molecule has 0 aliphatic carbocycles. The summed E-state index contributed by atoms with van der Waals surface area (Å²) in [5.41, 5.74) is 1.64. The van der Waals surface area contributed by atoms with Crippen LogP contribution in [0.5, 0.6) is 5.75 Å². The number of methoxy groups -OCH3 is 1. The van der Waals surface area contributed by atoms with E-state index in [1.54, 1.807) is 30.0 Å². The highest BCUT2D eigenvalue weighted by atomic mass is 35.5. The van der Waals surface area contributed by atoms with E-state index in [1.807, 2.05) is 24.3 Å². The van der Waals surface area contributed by atoms with Crippen molar-refractivity contribution in [1.82, 2.24) is 15.1 Å². The van der Waals surface area contributed by atoms with Crippen LogP contribution in [0.25, 0.3) is 5.69 Å². The number of carbonyl (C=O) groups is 1. The van der Waals surface area contributed by atoms with Crippen molar-refractivity contribution in [2.24, 2.45) is 0 Å². The molecule has 3 aromatic rings. The fourth-order valence-corrected chi connectivity index (χ4v) is 4.80. The SMILES string of the molecule is COc1ccccc1CNC(=O)CSc1nn(-c2ccc(Cl)c(Cl)c2)c(=S)s1. The Kier molecular flexibility index (Phi) is 7.36. The Balaban J connectivity index is 1.59. The molecule has 0 saturated carbocycles. The van der Waals surface area contributed by atoms with Crippen molar-refractivity contribution in [3.63, 3.8) is 0 Å². The fourth-order valence-electron chi connectivity index (χ4n) is 2.32. The minimum absolute atomic E-state index is 0.0990. The molecule has 28 heavy (non-hydrogen) atoms. The first-order chi connectivity index (χ1) is 13.5. The zero-order chi connectivity index (χ0) is 20.1. The highest BCUT2D eigenvalue weighted by Crippen LogP contribution is 2.28. The van der Waals surface area contributed by atoms with E-state index in [9.17, 15) is 4.79 Å². The topological polar surface area (TPSA) is 56.1 Å². The molecule has 2 aromatic carbocycles. The Hall–Kier alpha value is -1.58. The molecule has 0 spiro atoms. The van der Waals surface area contributed by atoms with Gasteiger partial charge in [-0.3, -0.25) is 4.79 Å².